The molecule has 0 amide bonds. The minimum atomic E-state index is 0.700. The van der Waals surface area contributed by atoms with Gasteiger partial charge < -0.3 is 0 Å². The van der Waals surface area contributed by atoms with Crippen LogP contribution >= 0.6 is 0 Å². The summed E-state index contributed by atoms with van der Waals surface area (Å²) in [6.07, 6.45) is 4.23. The van der Waals surface area contributed by atoms with Gasteiger partial charge in [-0.15, -0.1) is 0 Å². The summed E-state index contributed by atoms with van der Waals surface area (Å²) in [5.74, 6) is 7.93. The van der Waals surface area contributed by atoms with E-state index in [0.717, 1.165) is 52.8 Å². The molecule has 3 saturated carbocycles. The van der Waals surface area contributed by atoms with Gasteiger partial charge in [-0.25, -0.2) is 0 Å². The summed E-state index contributed by atoms with van der Waals surface area (Å²) >= 11 is 0. The SMILES string of the molecule is CCC(C)C(C)C1CC(C)C1C1(C)C2C(C(C)CC)C21C. The standard InChI is InChI=1S/C21H38/c1-9-12(3)15(6)16-11-14(5)17(16)20(7)19-18(13(4)10-2)21(19,20)8/h12-19H,9-11H2,1-8H3. The van der Waals surface area contributed by atoms with Gasteiger partial charge in [-0.3, -0.25) is 0 Å². The fraction of sp³-hybridized carbons (Fsp3) is 1.00. The topological polar surface area (TPSA) is 0 Å². The molecule has 10 atom stereocenters. The highest BCUT2D eigenvalue weighted by Gasteiger charge is 2.92. The summed E-state index contributed by atoms with van der Waals surface area (Å²) in [6, 6.07) is 0. The Kier molecular flexibility index (Phi) is 3.59. The molecule has 0 N–H and O–H groups in total. The van der Waals surface area contributed by atoms with Gasteiger partial charge in [-0.1, -0.05) is 68.2 Å². The van der Waals surface area contributed by atoms with Crippen LogP contribution in [0.25, 0.3) is 0 Å². The van der Waals surface area contributed by atoms with Gasteiger partial charge in [-0.2, -0.15) is 0 Å². The molecule has 0 aromatic rings. The van der Waals surface area contributed by atoms with Crippen molar-refractivity contribution in [3.8, 4) is 0 Å². The Balaban J connectivity index is 1.71. The zero-order chi connectivity index (χ0) is 15.7. The van der Waals surface area contributed by atoms with E-state index in [2.05, 4.69) is 55.4 Å². The lowest BCUT2D eigenvalue weighted by Crippen LogP contribution is -2.49. The predicted octanol–water partition coefficient (Wildman–Crippen LogP) is 6.26. The second-order valence-electron chi connectivity index (χ2n) is 9.60. The zero-order valence-corrected chi connectivity index (χ0v) is 15.7. The lowest BCUT2D eigenvalue weighted by atomic mass is 9.50. The normalized spacial score (nSPS) is 55.1. The molecule has 0 aromatic heterocycles. The van der Waals surface area contributed by atoms with Crippen LogP contribution in [0, 0.1) is 58.2 Å². The third kappa shape index (κ3) is 1.74. The average molecular weight is 291 g/mol. The number of fused-ring (bicyclic) bond motifs is 1. The predicted molar refractivity (Wildman–Crippen MR) is 92.0 cm³/mol. The van der Waals surface area contributed by atoms with Crippen LogP contribution in [0.2, 0.25) is 0 Å². The minimum absolute atomic E-state index is 0.700. The number of hydrogen-bond acceptors (Lipinski definition) is 0. The molecule has 3 aliphatic carbocycles. The lowest BCUT2D eigenvalue weighted by Gasteiger charge is -2.55. The number of rotatable bonds is 6. The van der Waals surface area contributed by atoms with E-state index in [1.807, 2.05) is 0 Å². The maximum atomic E-state index is 2.66. The summed E-state index contributed by atoms with van der Waals surface area (Å²) in [5, 5.41) is 0. The average Bonchev–Trinajstić information content (AvgIpc) is 3.24. The molecule has 122 valence electrons. The van der Waals surface area contributed by atoms with Crippen LogP contribution in [0.1, 0.15) is 74.7 Å². The Labute approximate surface area is 133 Å². The quantitative estimate of drug-likeness (QED) is 0.541. The van der Waals surface area contributed by atoms with Gasteiger partial charge in [0.25, 0.3) is 0 Å². The molecule has 21 heavy (non-hydrogen) atoms. The molecule has 0 aromatic carbocycles. The van der Waals surface area contributed by atoms with Gasteiger partial charge in [0.1, 0.15) is 0 Å². The molecule has 3 aliphatic rings. The summed E-state index contributed by atoms with van der Waals surface area (Å²) in [4.78, 5) is 0. The first-order valence-corrected chi connectivity index (χ1v) is 9.76. The van der Waals surface area contributed by atoms with Crippen LogP contribution in [0.4, 0.5) is 0 Å². The monoisotopic (exact) mass is 290 g/mol. The van der Waals surface area contributed by atoms with Gasteiger partial charge >= 0.3 is 0 Å². The molecular formula is C21H38. The van der Waals surface area contributed by atoms with Crippen LogP contribution in [0.5, 0.6) is 0 Å². The van der Waals surface area contributed by atoms with Crippen molar-refractivity contribution >= 4 is 0 Å². The Morgan fingerprint density at radius 1 is 1.00 bits per heavy atom. The van der Waals surface area contributed by atoms with Crippen molar-refractivity contribution in [1.29, 1.82) is 0 Å². The second kappa shape index (κ2) is 4.75. The molecule has 0 radical (unpaired) electrons. The second-order valence-corrected chi connectivity index (χ2v) is 9.60. The summed E-state index contributed by atoms with van der Waals surface area (Å²) in [5.41, 5.74) is 1.42. The van der Waals surface area contributed by atoms with Crippen molar-refractivity contribution in [3.05, 3.63) is 0 Å². The molecule has 0 spiro atoms. The highest BCUT2D eigenvalue weighted by Crippen LogP contribution is 2.96. The van der Waals surface area contributed by atoms with Crippen molar-refractivity contribution in [2.75, 3.05) is 0 Å². The van der Waals surface area contributed by atoms with Gasteiger partial charge in [0.05, 0.1) is 0 Å². The first-order valence-electron chi connectivity index (χ1n) is 9.76. The van der Waals surface area contributed by atoms with Crippen molar-refractivity contribution in [2.45, 2.75) is 74.7 Å². The van der Waals surface area contributed by atoms with Crippen LogP contribution < -0.4 is 0 Å². The first kappa shape index (κ1) is 15.9. The first-order chi connectivity index (χ1) is 9.76. The van der Waals surface area contributed by atoms with Crippen LogP contribution in [0.3, 0.4) is 0 Å². The molecule has 0 nitrogen and oxygen atoms in total. The van der Waals surface area contributed by atoms with E-state index >= 15 is 0 Å². The Morgan fingerprint density at radius 2 is 1.57 bits per heavy atom. The van der Waals surface area contributed by atoms with Crippen molar-refractivity contribution in [2.24, 2.45) is 58.2 Å². The van der Waals surface area contributed by atoms with Gasteiger partial charge in [0, 0.05) is 0 Å². The van der Waals surface area contributed by atoms with Crippen LogP contribution in [-0.4, -0.2) is 0 Å². The summed E-state index contributed by atoms with van der Waals surface area (Å²) in [7, 11) is 0. The lowest BCUT2D eigenvalue weighted by molar-refractivity contribution is -0.0682. The van der Waals surface area contributed by atoms with Gasteiger partial charge in [-0.05, 0) is 64.6 Å². The Hall–Kier alpha value is 0. The molecule has 0 heterocycles. The summed E-state index contributed by atoms with van der Waals surface area (Å²) < 4.78 is 0. The summed E-state index contributed by atoms with van der Waals surface area (Å²) in [6.45, 7) is 20.1. The molecule has 0 heteroatoms. The fourth-order valence-corrected chi connectivity index (χ4v) is 7.14. The molecule has 0 saturated heterocycles. The van der Waals surface area contributed by atoms with E-state index < -0.39 is 0 Å². The molecule has 3 fully saturated rings. The zero-order valence-electron chi connectivity index (χ0n) is 15.7. The number of hydrogen-bond donors (Lipinski definition) is 0. The maximum absolute atomic E-state index is 2.66. The van der Waals surface area contributed by atoms with Crippen molar-refractivity contribution < 1.29 is 0 Å². The van der Waals surface area contributed by atoms with Crippen LogP contribution in [0.15, 0.2) is 0 Å². The fourth-order valence-electron chi connectivity index (χ4n) is 7.14. The molecule has 0 bridgehead atoms. The van der Waals surface area contributed by atoms with Gasteiger partial charge in [0.15, 0.2) is 0 Å². The Bertz CT molecular complexity index is 412. The third-order valence-electron chi connectivity index (χ3n) is 9.20. The van der Waals surface area contributed by atoms with Crippen molar-refractivity contribution in [3.63, 3.8) is 0 Å². The minimum Gasteiger partial charge on any atom is -0.0651 e. The molecular weight excluding hydrogens is 252 g/mol. The smallest absolute Gasteiger partial charge is 0.0196 e. The molecule has 0 aliphatic heterocycles. The van der Waals surface area contributed by atoms with E-state index in [0.29, 0.717) is 5.41 Å². The van der Waals surface area contributed by atoms with Crippen LogP contribution in [-0.2, 0) is 0 Å². The Morgan fingerprint density at radius 3 is 2.00 bits per heavy atom. The van der Waals surface area contributed by atoms with E-state index in [-0.39, 0.29) is 0 Å². The van der Waals surface area contributed by atoms with Gasteiger partial charge in [0.2, 0.25) is 0 Å². The maximum Gasteiger partial charge on any atom is -0.0196 e. The third-order valence-corrected chi connectivity index (χ3v) is 9.20. The van der Waals surface area contributed by atoms with E-state index in [9.17, 15) is 0 Å². The molecule has 3 rings (SSSR count). The highest BCUT2D eigenvalue weighted by atomic mass is 15.0. The van der Waals surface area contributed by atoms with E-state index in [4.69, 9.17) is 0 Å². The van der Waals surface area contributed by atoms with Crippen molar-refractivity contribution in [1.82, 2.24) is 0 Å². The van der Waals surface area contributed by atoms with E-state index in [1.165, 1.54) is 19.3 Å². The highest BCUT2D eigenvalue weighted by molar-refractivity contribution is 5.39. The molecule has 10 unspecified atom stereocenters. The van der Waals surface area contributed by atoms with E-state index in [1.54, 1.807) is 0 Å². The largest absolute Gasteiger partial charge is 0.0651 e.